The molecule has 0 saturated carbocycles. The molecular weight excluding hydrogens is 368 g/mol. The van der Waals surface area contributed by atoms with Crippen LogP contribution in [0.3, 0.4) is 0 Å². The molecule has 0 saturated heterocycles. The summed E-state index contributed by atoms with van der Waals surface area (Å²) < 4.78 is 2.54. The molecule has 0 bridgehead atoms. The first-order chi connectivity index (χ1) is 10.6. The van der Waals surface area contributed by atoms with Gasteiger partial charge in [0, 0.05) is 21.8 Å². The van der Waals surface area contributed by atoms with Crippen molar-refractivity contribution in [3.8, 4) is 0 Å². The molecule has 7 heteroatoms. The average Bonchev–Trinajstić information content (AvgIpc) is 2.95. The van der Waals surface area contributed by atoms with E-state index in [0.29, 0.717) is 16.4 Å². The summed E-state index contributed by atoms with van der Waals surface area (Å²) in [4.78, 5) is 12.0. The molecule has 0 unspecified atom stereocenters. The highest BCUT2D eigenvalue weighted by molar-refractivity contribution is 9.10. The van der Waals surface area contributed by atoms with E-state index in [2.05, 4.69) is 31.4 Å². The molecule has 1 aromatic carbocycles. The molecule has 0 aliphatic carbocycles. The summed E-state index contributed by atoms with van der Waals surface area (Å²) in [5.74, 6) is -0.252. The molecule has 1 amide bonds. The van der Waals surface area contributed by atoms with Crippen LogP contribution in [0.4, 0.5) is 5.69 Å². The minimum Gasteiger partial charge on any atom is -0.319 e. The van der Waals surface area contributed by atoms with Gasteiger partial charge in [-0.05, 0) is 45.8 Å². The number of benzene rings is 1. The van der Waals surface area contributed by atoms with Crippen LogP contribution in [0.1, 0.15) is 5.56 Å². The molecule has 3 rings (SSSR count). The lowest BCUT2D eigenvalue weighted by Gasteiger charge is -2.04. The van der Waals surface area contributed by atoms with Crippen molar-refractivity contribution in [2.75, 3.05) is 5.32 Å². The van der Waals surface area contributed by atoms with E-state index in [4.69, 9.17) is 11.6 Å². The zero-order chi connectivity index (χ0) is 15.5. The second-order valence-electron chi connectivity index (χ2n) is 4.51. The second-order valence-corrected chi connectivity index (χ2v) is 5.86. The number of anilines is 1. The first kappa shape index (κ1) is 14.7. The molecule has 22 heavy (non-hydrogen) atoms. The van der Waals surface area contributed by atoms with Crippen LogP contribution in [0.15, 0.2) is 53.4 Å². The summed E-state index contributed by atoms with van der Waals surface area (Å²) in [5.41, 5.74) is 2.05. The standard InChI is InChI=1S/C15H10BrClN4O/c16-11-7-13(15-20-18-9-21(15)8-11)19-14(22)6-3-10-1-4-12(17)5-2-10/h1-9H,(H,19,22)/b6-3+. The first-order valence-corrected chi connectivity index (χ1v) is 7.52. The highest BCUT2D eigenvalue weighted by Crippen LogP contribution is 2.20. The number of hydrogen-bond donors (Lipinski definition) is 1. The number of amides is 1. The lowest BCUT2D eigenvalue weighted by molar-refractivity contribution is -0.111. The molecule has 0 fully saturated rings. The Morgan fingerprint density at radius 1 is 1.32 bits per heavy atom. The normalized spacial score (nSPS) is 11.2. The van der Waals surface area contributed by atoms with E-state index in [1.165, 1.54) is 6.08 Å². The number of aromatic nitrogens is 3. The molecule has 0 aliphatic heterocycles. The van der Waals surface area contributed by atoms with Crippen LogP contribution in [0.5, 0.6) is 0 Å². The molecule has 5 nitrogen and oxygen atoms in total. The smallest absolute Gasteiger partial charge is 0.248 e. The van der Waals surface area contributed by atoms with Gasteiger partial charge in [0.15, 0.2) is 5.65 Å². The predicted octanol–water partition coefficient (Wildman–Crippen LogP) is 3.80. The Balaban J connectivity index is 1.78. The number of carbonyl (C=O) groups is 1. The summed E-state index contributed by atoms with van der Waals surface area (Å²) in [6, 6.07) is 8.99. The number of pyridine rings is 1. The van der Waals surface area contributed by atoms with E-state index >= 15 is 0 Å². The van der Waals surface area contributed by atoms with Gasteiger partial charge in [-0.25, -0.2) is 0 Å². The average molecular weight is 378 g/mol. The first-order valence-electron chi connectivity index (χ1n) is 6.35. The van der Waals surface area contributed by atoms with Crippen molar-refractivity contribution >= 4 is 50.8 Å². The fraction of sp³-hybridized carbons (Fsp3) is 0. The molecule has 0 atom stereocenters. The van der Waals surface area contributed by atoms with Gasteiger partial charge in [-0.3, -0.25) is 9.20 Å². The van der Waals surface area contributed by atoms with E-state index < -0.39 is 0 Å². The molecular formula is C15H10BrClN4O. The molecule has 0 aliphatic rings. The number of halogens is 2. The Labute approximate surface area is 139 Å². The van der Waals surface area contributed by atoms with Crippen molar-refractivity contribution in [1.82, 2.24) is 14.6 Å². The maximum Gasteiger partial charge on any atom is 0.248 e. The minimum absolute atomic E-state index is 0.252. The van der Waals surface area contributed by atoms with E-state index in [-0.39, 0.29) is 5.91 Å². The van der Waals surface area contributed by atoms with E-state index in [0.717, 1.165) is 10.0 Å². The van der Waals surface area contributed by atoms with Gasteiger partial charge < -0.3 is 5.32 Å². The van der Waals surface area contributed by atoms with Crippen molar-refractivity contribution < 1.29 is 4.79 Å². The monoisotopic (exact) mass is 376 g/mol. The van der Waals surface area contributed by atoms with Crippen molar-refractivity contribution in [1.29, 1.82) is 0 Å². The third-order valence-corrected chi connectivity index (χ3v) is 3.60. The number of carbonyl (C=O) groups excluding carboxylic acids is 1. The predicted molar refractivity (Wildman–Crippen MR) is 89.8 cm³/mol. The zero-order valence-electron chi connectivity index (χ0n) is 11.2. The fourth-order valence-electron chi connectivity index (χ4n) is 1.91. The number of nitrogens with zero attached hydrogens (tertiary/aromatic N) is 3. The van der Waals surface area contributed by atoms with Crippen LogP contribution >= 0.6 is 27.5 Å². The number of rotatable bonds is 3. The Morgan fingerprint density at radius 3 is 2.86 bits per heavy atom. The van der Waals surface area contributed by atoms with E-state index in [1.54, 1.807) is 35.0 Å². The van der Waals surface area contributed by atoms with Gasteiger partial charge in [-0.2, -0.15) is 0 Å². The Morgan fingerprint density at radius 2 is 2.09 bits per heavy atom. The van der Waals surface area contributed by atoms with Gasteiger partial charge in [0.1, 0.15) is 6.33 Å². The van der Waals surface area contributed by atoms with Crippen molar-refractivity contribution in [2.24, 2.45) is 0 Å². The number of nitrogens with one attached hydrogen (secondary N) is 1. The van der Waals surface area contributed by atoms with Gasteiger partial charge in [-0.15, -0.1) is 10.2 Å². The molecule has 110 valence electrons. The van der Waals surface area contributed by atoms with Crippen LogP contribution in [0, 0.1) is 0 Å². The maximum absolute atomic E-state index is 12.0. The summed E-state index contributed by atoms with van der Waals surface area (Å²) >= 11 is 9.20. The lowest BCUT2D eigenvalue weighted by atomic mass is 10.2. The largest absolute Gasteiger partial charge is 0.319 e. The lowest BCUT2D eigenvalue weighted by Crippen LogP contribution is -2.09. The van der Waals surface area contributed by atoms with Crippen LogP contribution in [0.2, 0.25) is 5.02 Å². The SMILES string of the molecule is O=C(/C=C/c1ccc(Cl)cc1)Nc1cc(Br)cn2cnnc12. The van der Waals surface area contributed by atoms with Gasteiger partial charge >= 0.3 is 0 Å². The van der Waals surface area contributed by atoms with Crippen LogP contribution in [-0.4, -0.2) is 20.5 Å². The van der Waals surface area contributed by atoms with Crippen LogP contribution in [-0.2, 0) is 4.79 Å². The topological polar surface area (TPSA) is 59.3 Å². The minimum atomic E-state index is -0.252. The third-order valence-electron chi connectivity index (χ3n) is 2.91. The van der Waals surface area contributed by atoms with E-state index in [9.17, 15) is 4.79 Å². The summed E-state index contributed by atoms with van der Waals surface area (Å²) in [7, 11) is 0. The summed E-state index contributed by atoms with van der Waals surface area (Å²) in [6.45, 7) is 0. The highest BCUT2D eigenvalue weighted by atomic mass is 79.9. The second kappa shape index (κ2) is 6.29. The van der Waals surface area contributed by atoms with Gasteiger partial charge in [0.25, 0.3) is 0 Å². The molecule has 2 aromatic heterocycles. The van der Waals surface area contributed by atoms with Gasteiger partial charge in [0.2, 0.25) is 5.91 Å². The number of hydrogen-bond acceptors (Lipinski definition) is 3. The molecule has 1 N–H and O–H groups in total. The number of fused-ring (bicyclic) bond motifs is 1. The Kier molecular flexibility index (Phi) is 4.22. The van der Waals surface area contributed by atoms with Gasteiger partial charge in [-0.1, -0.05) is 23.7 Å². The molecule has 0 spiro atoms. The molecule has 0 radical (unpaired) electrons. The third kappa shape index (κ3) is 3.35. The van der Waals surface area contributed by atoms with Crippen molar-refractivity contribution in [3.63, 3.8) is 0 Å². The summed E-state index contributed by atoms with van der Waals surface area (Å²) in [5, 5.41) is 11.2. The van der Waals surface area contributed by atoms with Crippen LogP contribution < -0.4 is 5.32 Å². The Bertz CT molecular complexity index is 858. The van der Waals surface area contributed by atoms with Crippen LogP contribution in [0.25, 0.3) is 11.7 Å². The highest BCUT2D eigenvalue weighted by Gasteiger charge is 2.07. The van der Waals surface area contributed by atoms with Crippen molar-refractivity contribution in [3.05, 3.63) is 64.0 Å². The molecule has 2 heterocycles. The maximum atomic E-state index is 12.0. The van der Waals surface area contributed by atoms with Gasteiger partial charge in [0.05, 0.1) is 5.69 Å². The van der Waals surface area contributed by atoms with Crippen molar-refractivity contribution in [2.45, 2.75) is 0 Å². The van der Waals surface area contributed by atoms with E-state index in [1.807, 2.05) is 18.3 Å². The molecule has 3 aromatic rings. The summed E-state index contributed by atoms with van der Waals surface area (Å²) in [6.07, 6.45) is 6.55. The quantitative estimate of drug-likeness (QED) is 0.706. The zero-order valence-corrected chi connectivity index (χ0v) is 13.5. The Hall–Kier alpha value is -2.18. The fourth-order valence-corrected chi connectivity index (χ4v) is 2.49.